The minimum absolute atomic E-state index is 0.00732. The zero-order chi connectivity index (χ0) is 12.4. The smallest absolute Gasteiger partial charge is 0.362 e. The van der Waals surface area contributed by atoms with E-state index in [9.17, 15) is 4.79 Å². The fourth-order valence-corrected chi connectivity index (χ4v) is 1.95. The number of nitrogens with two attached hydrogens (primary N) is 1. The zero-order valence-electron chi connectivity index (χ0n) is 9.39. The summed E-state index contributed by atoms with van der Waals surface area (Å²) in [5.41, 5.74) is 5.58. The molecular formula is C10H11N3O3S. The third-order valence-electron chi connectivity index (χ3n) is 1.95. The molecule has 0 bridgehead atoms. The highest BCUT2D eigenvalue weighted by Crippen LogP contribution is 2.28. The molecule has 0 amide bonds. The molecule has 7 heteroatoms. The lowest BCUT2D eigenvalue weighted by atomic mass is 10.4. The highest BCUT2D eigenvalue weighted by molar-refractivity contribution is 7.14. The minimum Gasteiger partial charge on any atom is -0.461 e. The van der Waals surface area contributed by atoms with Gasteiger partial charge in [-0.2, -0.15) is 4.98 Å². The van der Waals surface area contributed by atoms with Crippen molar-refractivity contribution in [2.75, 3.05) is 12.3 Å². The Labute approximate surface area is 101 Å². The second-order valence-corrected chi connectivity index (χ2v) is 4.43. The number of hydrogen-bond acceptors (Lipinski definition) is 7. The molecule has 0 aliphatic rings. The van der Waals surface area contributed by atoms with Crippen molar-refractivity contribution in [2.45, 2.75) is 13.8 Å². The van der Waals surface area contributed by atoms with Gasteiger partial charge in [0, 0.05) is 0 Å². The number of carbonyl (C=O) groups excluding carboxylic acids is 1. The molecule has 2 aromatic heterocycles. The van der Waals surface area contributed by atoms with Crippen LogP contribution in [0.2, 0.25) is 0 Å². The molecule has 0 radical (unpaired) electrons. The number of carbonyl (C=O) groups is 1. The number of oxazole rings is 1. The van der Waals surface area contributed by atoms with Gasteiger partial charge in [0.15, 0.2) is 0 Å². The number of nitrogen functional groups attached to an aromatic ring is 1. The van der Waals surface area contributed by atoms with E-state index in [2.05, 4.69) is 9.97 Å². The van der Waals surface area contributed by atoms with Gasteiger partial charge in [-0.1, -0.05) is 0 Å². The van der Waals surface area contributed by atoms with Gasteiger partial charge in [-0.05, 0) is 13.8 Å². The van der Waals surface area contributed by atoms with Crippen molar-refractivity contribution >= 4 is 23.2 Å². The lowest BCUT2D eigenvalue weighted by Gasteiger charge is -1.96. The van der Waals surface area contributed by atoms with E-state index in [-0.39, 0.29) is 24.1 Å². The van der Waals surface area contributed by atoms with Gasteiger partial charge < -0.3 is 14.9 Å². The number of aryl methyl sites for hydroxylation is 1. The maximum atomic E-state index is 11.5. The van der Waals surface area contributed by atoms with Crippen LogP contribution in [0.3, 0.4) is 0 Å². The number of ether oxygens (including phenoxy) is 1. The van der Waals surface area contributed by atoms with Crippen LogP contribution in [0.1, 0.15) is 22.4 Å². The predicted molar refractivity (Wildman–Crippen MR) is 62.7 cm³/mol. The van der Waals surface area contributed by atoms with Crippen LogP contribution in [0, 0.1) is 6.92 Å². The number of nitrogens with zero attached hydrogens (tertiary/aromatic N) is 2. The van der Waals surface area contributed by atoms with Gasteiger partial charge in [-0.25, -0.2) is 9.78 Å². The van der Waals surface area contributed by atoms with Crippen molar-refractivity contribution in [3.8, 4) is 10.8 Å². The molecule has 2 aromatic rings. The molecule has 2 rings (SSSR count). The summed E-state index contributed by atoms with van der Waals surface area (Å²) in [6.07, 6.45) is 1.63. The highest BCUT2D eigenvalue weighted by Gasteiger charge is 2.20. The second kappa shape index (κ2) is 4.54. The minimum atomic E-state index is -0.582. The number of rotatable bonds is 3. The summed E-state index contributed by atoms with van der Waals surface area (Å²) in [6, 6.07) is 0. The van der Waals surface area contributed by atoms with Crippen molar-refractivity contribution in [1.82, 2.24) is 9.97 Å². The maximum absolute atomic E-state index is 11.5. The van der Waals surface area contributed by atoms with Crippen molar-refractivity contribution < 1.29 is 13.9 Å². The number of anilines is 1. The Morgan fingerprint density at radius 2 is 2.41 bits per heavy atom. The van der Waals surface area contributed by atoms with E-state index in [4.69, 9.17) is 14.9 Å². The first kappa shape index (κ1) is 11.6. The van der Waals surface area contributed by atoms with Crippen LogP contribution in [0.25, 0.3) is 10.8 Å². The van der Waals surface area contributed by atoms with E-state index in [1.165, 1.54) is 11.3 Å². The number of hydrogen-bond donors (Lipinski definition) is 1. The van der Waals surface area contributed by atoms with Gasteiger partial charge in [-0.15, -0.1) is 11.3 Å². The van der Waals surface area contributed by atoms with Gasteiger partial charge in [0.25, 0.3) is 0 Å². The molecule has 0 aromatic carbocycles. The summed E-state index contributed by atoms with van der Waals surface area (Å²) < 4.78 is 10.0. The molecule has 0 saturated heterocycles. The standard InChI is InChI=1S/C10H11N3O3S/c1-3-15-10(14)7-8(11)16-9(13-7)6-4-12-5(2)17-6/h4H,3,11H2,1-2H3. The van der Waals surface area contributed by atoms with Crippen LogP contribution in [0.4, 0.5) is 5.88 Å². The van der Waals surface area contributed by atoms with Crippen molar-refractivity contribution in [1.29, 1.82) is 0 Å². The topological polar surface area (TPSA) is 91.2 Å². The molecular weight excluding hydrogens is 242 g/mol. The summed E-state index contributed by atoms with van der Waals surface area (Å²) in [5.74, 6) is -0.332. The second-order valence-electron chi connectivity index (χ2n) is 3.20. The molecule has 0 unspecified atom stereocenters. The lowest BCUT2D eigenvalue weighted by molar-refractivity contribution is 0.0521. The summed E-state index contributed by atoms with van der Waals surface area (Å²) in [5, 5.41) is 0.884. The maximum Gasteiger partial charge on any atom is 0.362 e. The van der Waals surface area contributed by atoms with Crippen LogP contribution in [0.5, 0.6) is 0 Å². The average Bonchev–Trinajstić information content (AvgIpc) is 2.85. The molecule has 0 fully saturated rings. The Morgan fingerprint density at radius 1 is 1.65 bits per heavy atom. The lowest BCUT2D eigenvalue weighted by Crippen LogP contribution is -2.07. The number of aromatic nitrogens is 2. The molecule has 0 atom stereocenters. The first-order valence-corrected chi connectivity index (χ1v) is 5.79. The van der Waals surface area contributed by atoms with Crippen LogP contribution < -0.4 is 5.73 Å². The summed E-state index contributed by atoms with van der Waals surface area (Å²) in [4.78, 5) is 20.3. The van der Waals surface area contributed by atoms with Crippen molar-refractivity contribution in [2.24, 2.45) is 0 Å². The van der Waals surface area contributed by atoms with Crippen LogP contribution >= 0.6 is 11.3 Å². The predicted octanol–water partition coefficient (Wildman–Crippen LogP) is 1.87. The summed E-state index contributed by atoms with van der Waals surface area (Å²) in [6.45, 7) is 3.84. The molecule has 90 valence electrons. The van der Waals surface area contributed by atoms with E-state index in [1.54, 1.807) is 13.1 Å². The van der Waals surface area contributed by atoms with Crippen LogP contribution in [-0.4, -0.2) is 22.5 Å². The van der Waals surface area contributed by atoms with E-state index >= 15 is 0 Å². The van der Waals surface area contributed by atoms with E-state index in [1.807, 2.05) is 6.92 Å². The third-order valence-corrected chi connectivity index (χ3v) is 2.85. The summed E-state index contributed by atoms with van der Waals surface area (Å²) in [7, 11) is 0. The largest absolute Gasteiger partial charge is 0.461 e. The van der Waals surface area contributed by atoms with E-state index in [0.29, 0.717) is 0 Å². The van der Waals surface area contributed by atoms with Crippen LogP contribution in [-0.2, 0) is 4.74 Å². The Morgan fingerprint density at radius 3 is 3.00 bits per heavy atom. The van der Waals surface area contributed by atoms with Gasteiger partial charge in [0.2, 0.25) is 17.5 Å². The number of esters is 1. The van der Waals surface area contributed by atoms with Crippen molar-refractivity contribution in [3.63, 3.8) is 0 Å². The Kier molecular flexibility index (Phi) is 3.10. The molecule has 0 aliphatic heterocycles. The first-order valence-electron chi connectivity index (χ1n) is 4.98. The first-order chi connectivity index (χ1) is 8.11. The Hall–Kier alpha value is -1.89. The molecule has 2 N–H and O–H groups in total. The summed E-state index contributed by atoms with van der Waals surface area (Å²) >= 11 is 1.41. The molecule has 0 saturated carbocycles. The Bertz CT molecular complexity index is 547. The molecule has 2 heterocycles. The fourth-order valence-electron chi connectivity index (χ4n) is 1.24. The van der Waals surface area contributed by atoms with E-state index < -0.39 is 5.97 Å². The van der Waals surface area contributed by atoms with Crippen LogP contribution in [0.15, 0.2) is 10.6 Å². The van der Waals surface area contributed by atoms with Gasteiger partial charge in [0.05, 0.1) is 17.8 Å². The highest BCUT2D eigenvalue weighted by atomic mass is 32.1. The molecule has 0 spiro atoms. The van der Waals surface area contributed by atoms with Gasteiger partial charge >= 0.3 is 5.97 Å². The number of thiazole rings is 1. The monoisotopic (exact) mass is 253 g/mol. The fraction of sp³-hybridized carbons (Fsp3) is 0.300. The zero-order valence-corrected chi connectivity index (χ0v) is 10.2. The normalized spacial score (nSPS) is 10.5. The van der Waals surface area contributed by atoms with Gasteiger partial charge in [0.1, 0.15) is 4.88 Å². The Balaban J connectivity index is 2.33. The van der Waals surface area contributed by atoms with E-state index in [0.717, 1.165) is 9.88 Å². The molecule has 0 aliphatic carbocycles. The van der Waals surface area contributed by atoms with Crippen molar-refractivity contribution in [3.05, 3.63) is 16.9 Å². The van der Waals surface area contributed by atoms with Gasteiger partial charge in [-0.3, -0.25) is 0 Å². The average molecular weight is 253 g/mol. The third kappa shape index (κ3) is 2.28. The molecule has 6 nitrogen and oxygen atoms in total. The molecule has 17 heavy (non-hydrogen) atoms. The SMILES string of the molecule is CCOC(=O)c1nc(-c2cnc(C)s2)oc1N. The quantitative estimate of drug-likeness (QED) is 0.839.